The molecule has 3 saturated heterocycles. The Balaban J connectivity index is 1.46. The number of hydrogen-bond donors (Lipinski definition) is 0. The van der Waals surface area contributed by atoms with E-state index >= 15 is 0 Å². The zero-order valence-corrected chi connectivity index (χ0v) is 16.8. The van der Waals surface area contributed by atoms with Crippen molar-refractivity contribution in [3.05, 3.63) is 29.3 Å². The Bertz CT molecular complexity index is 808. The van der Waals surface area contributed by atoms with Gasteiger partial charge in [0.1, 0.15) is 6.10 Å². The lowest BCUT2D eigenvalue weighted by atomic mass is 9.98. The minimum atomic E-state index is -3.63. The van der Waals surface area contributed by atoms with E-state index in [1.165, 1.54) is 12.1 Å². The molecule has 1 aromatic carbocycles. The molecule has 3 aliphatic rings. The molecular formula is C18H24ClN3O4S. The van der Waals surface area contributed by atoms with Gasteiger partial charge in [-0.15, -0.1) is 0 Å². The molecule has 0 radical (unpaired) electrons. The van der Waals surface area contributed by atoms with Gasteiger partial charge >= 0.3 is 6.09 Å². The summed E-state index contributed by atoms with van der Waals surface area (Å²) in [5.41, 5.74) is 0. The molecule has 0 spiro atoms. The van der Waals surface area contributed by atoms with E-state index in [9.17, 15) is 13.2 Å². The third-order valence-corrected chi connectivity index (χ3v) is 8.06. The topological polar surface area (TPSA) is 70.2 Å². The number of carbonyl (C=O) groups excluding carboxylic acids is 1. The van der Waals surface area contributed by atoms with Gasteiger partial charge in [-0.05, 0) is 44.2 Å². The fraction of sp³-hybridized carbons (Fsp3) is 0.611. The zero-order chi connectivity index (χ0) is 19.2. The molecule has 4 rings (SSSR count). The van der Waals surface area contributed by atoms with Gasteiger partial charge < -0.3 is 14.5 Å². The number of nitrogens with zero attached hydrogens (tertiary/aromatic N) is 3. The molecule has 0 N–H and O–H groups in total. The Morgan fingerprint density at radius 1 is 1.11 bits per heavy atom. The molecule has 148 valence electrons. The minimum Gasteiger partial charge on any atom is -0.444 e. The number of halogens is 1. The Morgan fingerprint density at radius 3 is 2.44 bits per heavy atom. The predicted molar refractivity (Wildman–Crippen MR) is 101 cm³/mol. The Morgan fingerprint density at radius 2 is 1.78 bits per heavy atom. The molecular weight excluding hydrogens is 390 g/mol. The van der Waals surface area contributed by atoms with Gasteiger partial charge in [0.25, 0.3) is 0 Å². The van der Waals surface area contributed by atoms with Crippen molar-refractivity contribution in [2.24, 2.45) is 0 Å². The van der Waals surface area contributed by atoms with Crippen molar-refractivity contribution in [2.75, 3.05) is 33.2 Å². The lowest BCUT2D eigenvalue weighted by Gasteiger charge is -2.33. The normalized spacial score (nSPS) is 29.3. The monoisotopic (exact) mass is 413 g/mol. The number of carbonyl (C=O) groups is 1. The number of sulfonamides is 1. The summed E-state index contributed by atoms with van der Waals surface area (Å²) in [6, 6.07) is 5.82. The number of piperazine rings is 1. The standard InChI is InChI=1S/C18H24ClN3O4S/c1-20-8-10-21(11-9-20)18(23)26-17-12-14-4-7-16(17)22(14)27(24,25)15-5-2-13(19)3-6-15/h2-3,5-6,14,16-17H,4,7-12H2,1H3/t14-,16?,17?/m1/s1. The highest BCUT2D eigenvalue weighted by molar-refractivity contribution is 7.89. The smallest absolute Gasteiger partial charge is 0.410 e. The number of amides is 1. The summed E-state index contributed by atoms with van der Waals surface area (Å²) in [7, 11) is -1.60. The van der Waals surface area contributed by atoms with Gasteiger partial charge in [0.2, 0.25) is 10.0 Å². The maximum atomic E-state index is 13.1. The molecule has 3 fully saturated rings. The van der Waals surface area contributed by atoms with Crippen molar-refractivity contribution in [1.29, 1.82) is 0 Å². The summed E-state index contributed by atoms with van der Waals surface area (Å²) in [5, 5.41) is 0.498. The Kier molecular flexibility index (Phi) is 5.09. The molecule has 0 saturated carbocycles. The first-order valence-corrected chi connectivity index (χ1v) is 11.1. The number of fused-ring (bicyclic) bond motifs is 2. The van der Waals surface area contributed by atoms with Gasteiger partial charge in [0.15, 0.2) is 0 Å². The van der Waals surface area contributed by atoms with Crippen molar-refractivity contribution >= 4 is 27.7 Å². The van der Waals surface area contributed by atoms with E-state index in [0.717, 1.165) is 25.9 Å². The highest BCUT2D eigenvalue weighted by atomic mass is 35.5. The fourth-order valence-electron chi connectivity index (χ4n) is 4.31. The zero-order valence-electron chi connectivity index (χ0n) is 15.3. The maximum Gasteiger partial charge on any atom is 0.410 e. The van der Waals surface area contributed by atoms with E-state index in [2.05, 4.69) is 4.90 Å². The molecule has 1 amide bonds. The van der Waals surface area contributed by atoms with Crippen molar-refractivity contribution in [3.8, 4) is 0 Å². The molecule has 9 heteroatoms. The third kappa shape index (κ3) is 3.55. The Hall–Kier alpha value is -1.35. The largest absolute Gasteiger partial charge is 0.444 e. The molecule has 3 atom stereocenters. The van der Waals surface area contributed by atoms with Gasteiger partial charge in [-0.2, -0.15) is 4.31 Å². The molecule has 3 heterocycles. The van der Waals surface area contributed by atoms with Crippen molar-refractivity contribution < 1.29 is 17.9 Å². The van der Waals surface area contributed by atoms with Crippen LogP contribution < -0.4 is 0 Å². The van der Waals surface area contributed by atoms with Crippen LogP contribution in [0.5, 0.6) is 0 Å². The van der Waals surface area contributed by atoms with E-state index < -0.39 is 10.0 Å². The van der Waals surface area contributed by atoms with Gasteiger partial charge in [0, 0.05) is 43.7 Å². The predicted octanol–water partition coefficient (Wildman–Crippen LogP) is 2.02. The number of likely N-dealkylation sites (N-methyl/N-ethyl adjacent to an activating group) is 1. The molecule has 3 aliphatic heterocycles. The van der Waals surface area contributed by atoms with Gasteiger partial charge in [0.05, 0.1) is 10.9 Å². The van der Waals surface area contributed by atoms with Crippen molar-refractivity contribution in [2.45, 2.75) is 42.3 Å². The molecule has 1 aromatic rings. The number of benzene rings is 1. The van der Waals surface area contributed by atoms with E-state index in [0.29, 0.717) is 24.5 Å². The van der Waals surface area contributed by atoms with Crippen LogP contribution in [-0.4, -0.2) is 80.0 Å². The van der Waals surface area contributed by atoms with Crippen LogP contribution in [0.25, 0.3) is 0 Å². The Labute approximate surface area is 164 Å². The summed E-state index contributed by atoms with van der Waals surface area (Å²) in [4.78, 5) is 16.6. The van der Waals surface area contributed by atoms with E-state index in [-0.39, 0.29) is 29.2 Å². The highest BCUT2D eigenvalue weighted by Gasteiger charge is 2.53. The van der Waals surface area contributed by atoms with Crippen LogP contribution >= 0.6 is 11.6 Å². The molecule has 27 heavy (non-hydrogen) atoms. The van der Waals surface area contributed by atoms with Crippen LogP contribution in [0.1, 0.15) is 19.3 Å². The molecule has 2 bridgehead atoms. The van der Waals surface area contributed by atoms with Crippen molar-refractivity contribution in [3.63, 3.8) is 0 Å². The van der Waals surface area contributed by atoms with Crippen LogP contribution in [-0.2, 0) is 14.8 Å². The average Bonchev–Trinajstić information content (AvgIpc) is 3.21. The molecule has 2 unspecified atom stereocenters. The van der Waals surface area contributed by atoms with E-state index in [1.54, 1.807) is 21.3 Å². The first kappa shape index (κ1) is 19.0. The first-order valence-electron chi connectivity index (χ1n) is 9.29. The third-order valence-electron chi connectivity index (χ3n) is 5.82. The SMILES string of the molecule is CN1CCN(C(=O)OC2C[C@H]3CCC2N3S(=O)(=O)c2ccc(Cl)cc2)CC1. The number of rotatable bonds is 3. The first-order chi connectivity index (χ1) is 12.9. The second-order valence-corrected chi connectivity index (χ2v) is 9.82. The maximum absolute atomic E-state index is 13.1. The van der Waals surface area contributed by atoms with Crippen LogP contribution in [0.2, 0.25) is 5.02 Å². The number of hydrogen-bond acceptors (Lipinski definition) is 5. The van der Waals surface area contributed by atoms with Crippen LogP contribution in [0.4, 0.5) is 4.79 Å². The van der Waals surface area contributed by atoms with E-state index in [1.807, 2.05) is 7.05 Å². The highest BCUT2D eigenvalue weighted by Crippen LogP contribution is 2.43. The minimum absolute atomic E-state index is 0.110. The van der Waals surface area contributed by atoms with Crippen LogP contribution in [0, 0.1) is 0 Å². The molecule has 7 nitrogen and oxygen atoms in total. The van der Waals surface area contributed by atoms with Gasteiger partial charge in [-0.1, -0.05) is 11.6 Å². The van der Waals surface area contributed by atoms with Gasteiger partial charge in [-0.3, -0.25) is 0 Å². The second-order valence-electron chi connectivity index (χ2n) is 7.54. The van der Waals surface area contributed by atoms with Crippen LogP contribution in [0.3, 0.4) is 0 Å². The van der Waals surface area contributed by atoms with Gasteiger partial charge in [-0.25, -0.2) is 13.2 Å². The van der Waals surface area contributed by atoms with E-state index in [4.69, 9.17) is 16.3 Å². The van der Waals surface area contributed by atoms with Crippen LogP contribution in [0.15, 0.2) is 29.2 Å². The summed E-state index contributed by atoms with van der Waals surface area (Å²) in [6.45, 7) is 2.93. The molecule has 0 aliphatic carbocycles. The second kappa shape index (κ2) is 7.24. The number of ether oxygens (including phenoxy) is 1. The average molecular weight is 414 g/mol. The molecule has 0 aromatic heterocycles. The summed E-state index contributed by atoms with van der Waals surface area (Å²) >= 11 is 5.88. The summed E-state index contributed by atoms with van der Waals surface area (Å²) in [6.07, 6.45) is 1.39. The summed E-state index contributed by atoms with van der Waals surface area (Å²) < 4.78 is 33.5. The lowest BCUT2D eigenvalue weighted by Crippen LogP contribution is -2.49. The van der Waals surface area contributed by atoms with Crippen molar-refractivity contribution in [1.82, 2.24) is 14.1 Å². The summed E-state index contributed by atoms with van der Waals surface area (Å²) in [5.74, 6) is 0. The quantitative estimate of drug-likeness (QED) is 0.758. The lowest BCUT2D eigenvalue weighted by molar-refractivity contribution is 0.0377. The fourth-order valence-corrected chi connectivity index (χ4v) is 6.34.